The summed E-state index contributed by atoms with van der Waals surface area (Å²) in [6.45, 7) is -0.116. The van der Waals surface area contributed by atoms with E-state index >= 15 is 0 Å². The molecule has 9 heteroatoms. The summed E-state index contributed by atoms with van der Waals surface area (Å²) in [5, 5.41) is 0. The van der Waals surface area contributed by atoms with Gasteiger partial charge >= 0.3 is 0 Å². The van der Waals surface area contributed by atoms with Crippen molar-refractivity contribution in [2.45, 2.75) is 11.4 Å². The first-order chi connectivity index (χ1) is 9.73. The summed E-state index contributed by atoms with van der Waals surface area (Å²) < 4.78 is 54.6. The number of nitrogens with two attached hydrogens (primary N) is 1. The molecule has 0 unspecified atom stereocenters. The van der Waals surface area contributed by atoms with E-state index in [9.17, 15) is 17.2 Å². The van der Waals surface area contributed by atoms with Crippen molar-refractivity contribution in [2.24, 2.45) is 7.05 Å². The minimum Gasteiger partial charge on any atom is -0.399 e. The Hall–Kier alpha value is -2.00. The third-order valence-corrected chi connectivity index (χ3v) is 4.83. The molecule has 0 atom stereocenters. The van der Waals surface area contributed by atoms with E-state index in [-0.39, 0.29) is 12.2 Å². The Bertz CT molecular complexity index is 750. The Morgan fingerprint density at radius 2 is 1.90 bits per heavy atom. The van der Waals surface area contributed by atoms with Crippen molar-refractivity contribution in [3.63, 3.8) is 0 Å². The molecular weight excluding hydrogens is 302 g/mol. The Kier molecular flexibility index (Phi) is 3.97. The third-order valence-electron chi connectivity index (χ3n) is 2.97. The summed E-state index contributed by atoms with van der Waals surface area (Å²) in [6.07, 6.45) is 3.14. The first-order valence-corrected chi connectivity index (χ1v) is 7.34. The van der Waals surface area contributed by atoms with Gasteiger partial charge in [0.05, 0.1) is 6.54 Å². The molecule has 1 heterocycles. The second kappa shape index (κ2) is 5.41. The van der Waals surface area contributed by atoms with Gasteiger partial charge in [-0.3, -0.25) is 0 Å². The molecule has 114 valence electrons. The Labute approximate surface area is 120 Å². The molecule has 0 aliphatic heterocycles. The first kappa shape index (κ1) is 15.4. The number of nitrogen functional groups attached to an aromatic ring is 1. The molecular formula is C12H14F2N4O2S. The van der Waals surface area contributed by atoms with Gasteiger partial charge in [-0.2, -0.15) is 4.31 Å². The van der Waals surface area contributed by atoms with Crippen LogP contribution in [0.4, 0.5) is 14.5 Å². The number of imidazole rings is 1. The van der Waals surface area contributed by atoms with Gasteiger partial charge in [0.25, 0.3) is 0 Å². The van der Waals surface area contributed by atoms with Crippen LogP contribution in [-0.2, 0) is 23.6 Å². The van der Waals surface area contributed by atoms with Gasteiger partial charge in [-0.25, -0.2) is 22.2 Å². The minimum absolute atomic E-state index is 0.116. The zero-order valence-electron chi connectivity index (χ0n) is 11.4. The van der Waals surface area contributed by atoms with Gasteiger partial charge in [0.15, 0.2) is 4.90 Å². The van der Waals surface area contributed by atoms with Crippen LogP contribution >= 0.6 is 0 Å². The Balaban J connectivity index is 2.40. The molecule has 0 spiro atoms. The van der Waals surface area contributed by atoms with Gasteiger partial charge in [-0.1, -0.05) is 0 Å². The molecule has 0 saturated carbocycles. The highest BCUT2D eigenvalue weighted by atomic mass is 32.2. The number of nitrogens with zero attached hydrogens (tertiary/aromatic N) is 3. The second-order valence-corrected chi connectivity index (χ2v) is 6.51. The SMILES string of the molecule is CN(Cc1nccn1C)S(=O)(=O)c1c(F)cc(N)cc1F. The van der Waals surface area contributed by atoms with Crippen LogP contribution < -0.4 is 5.73 Å². The maximum Gasteiger partial charge on any atom is 0.249 e. The zero-order valence-corrected chi connectivity index (χ0v) is 12.2. The van der Waals surface area contributed by atoms with E-state index in [1.807, 2.05) is 0 Å². The number of anilines is 1. The minimum atomic E-state index is -4.34. The van der Waals surface area contributed by atoms with Crippen LogP contribution in [0.1, 0.15) is 5.82 Å². The summed E-state index contributed by atoms with van der Waals surface area (Å²) in [5.41, 5.74) is 5.09. The number of benzene rings is 1. The lowest BCUT2D eigenvalue weighted by Crippen LogP contribution is -2.29. The second-order valence-electron chi connectivity index (χ2n) is 4.53. The lowest BCUT2D eigenvalue weighted by atomic mass is 10.3. The van der Waals surface area contributed by atoms with E-state index in [1.54, 1.807) is 17.8 Å². The first-order valence-electron chi connectivity index (χ1n) is 5.90. The van der Waals surface area contributed by atoms with Crippen molar-refractivity contribution in [2.75, 3.05) is 12.8 Å². The highest BCUT2D eigenvalue weighted by Crippen LogP contribution is 2.25. The van der Waals surface area contributed by atoms with Gasteiger partial charge in [-0.05, 0) is 12.1 Å². The molecule has 21 heavy (non-hydrogen) atoms. The van der Waals surface area contributed by atoms with Gasteiger partial charge in [0, 0.05) is 32.2 Å². The lowest BCUT2D eigenvalue weighted by molar-refractivity contribution is 0.436. The van der Waals surface area contributed by atoms with Crippen LogP contribution in [0.3, 0.4) is 0 Å². The predicted molar refractivity (Wildman–Crippen MR) is 72.6 cm³/mol. The largest absolute Gasteiger partial charge is 0.399 e. The maximum absolute atomic E-state index is 13.8. The van der Waals surface area contributed by atoms with Gasteiger partial charge in [0.2, 0.25) is 10.0 Å². The molecule has 2 aromatic rings. The van der Waals surface area contributed by atoms with E-state index < -0.39 is 26.6 Å². The molecule has 1 aromatic heterocycles. The molecule has 0 saturated heterocycles. The topological polar surface area (TPSA) is 81.2 Å². The van der Waals surface area contributed by atoms with Crippen LogP contribution in [0.5, 0.6) is 0 Å². The normalized spacial score (nSPS) is 12.0. The van der Waals surface area contributed by atoms with E-state index in [0.717, 1.165) is 16.4 Å². The van der Waals surface area contributed by atoms with Gasteiger partial charge < -0.3 is 10.3 Å². The fourth-order valence-corrected chi connectivity index (χ4v) is 3.02. The smallest absolute Gasteiger partial charge is 0.249 e. The number of aryl methyl sites for hydroxylation is 1. The number of sulfonamides is 1. The standard InChI is InChI=1S/C12H14F2N4O2S/c1-17-4-3-16-11(17)7-18(2)21(19,20)12-9(13)5-8(15)6-10(12)14/h3-6H,7,15H2,1-2H3. The van der Waals surface area contributed by atoms with Crippen LogP contribution in [0.2, 0.25) is 0 Å². The van der Waals surface area contributed by atoms with E-state index in [2.05, 4.69) is 4.98 Å². The number of rotatable bonds is 4. The third kappa shape index (κ3) is 2.88. The zero-order chi connectivity index (χ0) is 15.8. The monoisotopic (exact) mass is 316 g/mol. The average molecular weight is 316 g/mol. The quantitative estimate of drug-likeness (QED) is 0.857. The van der Waals surface area contributed by atoms with Crippen molar-refractivity contribution >= 4 is 15.7 Å². The summed E-state index contributed by atoms with van der Waals surface area (Å²) in [4.78, 5) is 2.95. The molecule has 0 bridgehead atoms. The fraction of sp³-hybridized carbons (Fsp3) is 0.250. The fourth-order valence-electron chi connectivity index (χ4n) is 1.81. The molecule has 0 aliphatic carbocycles. The van der Waals surface area contributed by atoms with E-state index in [4.69, 9.17) is 5.73 Å². The molecule has 1 aromatic carbocycles. The molecule has 0 fully saturated rings. The van der Waals surface area contributed by atoms with Gasteiger partial charge in [-0.15, -0.1) is 0 Å². The molecule has 2 N–H and O–H groups in total. The van der Waals surface area contributed by atoms with Crippen LogP contribution in [0.25, 0.3) is 0 Å². The van der Waals surface area contributed by atoms with Crippen molar-refractivity contribution in [3.8, 4) is 0 Å². The molecule has 0 amide bonds. The molecule has 2 rings (SSSR count). The molecule has 0 aliphatic rings. The Morgan fingerprint density at radius 1 is 1.33 bits per heavy atom. The number of hydrogen-bond donors (Lipinski definition) is 1. The molecule has 0 radical (unpaired) electrons. The number of aromatic nitrogens is 2. The Morgan fingerprint density at radius 3 is 2.38 bits per heavy atom. The summed E-state index contributed by atoms with van der Waals surface area (Å²) in [7, 11) is -1.43. The summed E-state index contributed by atoms with van der Waals surface area (Å²) in [6, 6.07) is 1.54. The van der Waals surface area contributed by atoms with E-state index in [1.165, 1.54) is 13.2 Å². The van der Waals surface area contributed by atoms with E-state index in [0.29, 0.717) is 5.82 Å². The van der Waals surface area contributed by atoms with Crippen molar-refractivity contribution in [1.29, 1.82) is 0 Å². The summed E-state index contributed by atoms with van der Waals surface area (Å²) in [5.74, 6) is -2.00. The summed E-state index contributed by atoms with van der Waals surface area (Å²) >= 11 is 0. The molecule has 6 nitrogen and oxygen atoms in total. The van der Waals surface area contributed by atoms with Gasteiger partial charge in [0.1, 0.15) is 17.5 Å². The van der Waals surface area contributed by atoms with Crippen molar-refractivity contribution in [3.05, 3.63) is 42.0 Å². The number of halogens is 2. The number of hydrogen-bond acceptors (Lipinski definition) is 4. The highest BCUT2D eigenvalue weighted by molar-refractivity contribution is 7.89. The van der Waals surface area contributed by atoms with Crippen LogP contribution in [-0.4, -0.2) is 29.3 Å². The lowest BCUT2D eigenvalue weighted by Gasteiger charge is -2.18. The van der Waals surface area contributed by atoms with Crippen molar-refractivity contribution < 1.29 is 17.2 Å². The highest BCUT2D eigenvalue weighted by Gasteiger charge is 2.29. The maximum atomic E-state index is 13.8. The average Bonchev–Trinajstić information content (AvgIpc) is 2.73. The van der Waals surface area contributed by atoms with Crippen LogP contribution in [0, 0.1) is 11.6 Å². The van der Waals surface area contributed by atoms with Crippen LogP contribution in [0.15, 0.2) is 29.4 Å². The predicted octanol–water partition coefficient (Wildman–Crippen LogP) is 1.10. The van der Waals surface area contributed by atoms with Crippen molar-refractivity contribution in [1.82, 2.24) is 13.9 Å².